The van der Waals surface area contributed by atoms with Crippen LogP contribution in [0.3, 0.4) is 0 Å². The van der Waals surface area contributed by atoms with E-state index in [4.69, 9.17) is 9.47 Å². The largest absolute Gasteiger partial charge is 0.497 e. The van der Waals surface area contributed by atoms with Crippen LogP contribution in [0, 0.1) is 11.3 Å². The van der Waals surface area contributed by atoms with E-state index < -0.39 is 12.5 Å². The van der Waals surface area contributed by atoms with Gasteiger partial charge >= 0.3 is 6.61 Å². The Balaban J connectivity index is 2.23. The Hall–Kier alpha value is -3.60. The van der Waals surface area contributed by atoms with Gasteiger partial charge in [-0.15, -0.1) is 0 Å². The number of anilines is 1. The molecule has 0 heterocycles. The summed E-state index contributed by atoms with van der Waals surface area (Å²) in [5.41, 5.74) is 0.588. The minimum absolute atomic E-state index is 0.105. The zero-order valence-corrected chi connectivity index (χ0v) is 14.5. The van der Waals surface area contributed by atoms with Crippen LogP contribution in [0.15, 0.2) is 48.0 Å². The predicted octanol–water partition coefficient (Wildman–Crippen LogP) is 3.85. The first-order chi connectivity index (χ1) is 13.0. The van der Waals surface area contributed by atoms with E-state index in [-0.39, 0.29) is 17.1 Å². The lowest BCUT2D eigenvalue weighted by molar-refractivity contribution is -0.112. The number of rotatable bonds is 7. The van der Waals surface area contributed by atoms with Gasteiger partial charge < -0.3 is 19.5 Å². The summed E-state index contributed by atoms with van der Waals surface area (Å²) in [7, 11) is 2.83. The van der Waals surface area contributed by atoms with E-state index in [9.17, 15) is 18.8 Å². The number of nitrogens with zero attached hydrogens (tertiary/aromatic N) is 1. The molecule has 2 aromatic rings. The summed E-state index contributed by atoms with van der Waals surface area (Å²) < 4.78 is 39.4. The van der Waals surface area contributed by atoms with E-state index in [0.717, 1.165) is 0 Å². The Morgan fingerprint density at radius 3 is 2.37 bits per heavy atom. The van der Waals surface area contributed by atoms with Crippen LogP contribution >= 0.6 is 0 Å². The molecule has 27 heavy (non-hydrogen) atoms. The molecule has 0 atom stereocenters. The fourth-order valence-electron chi connectivity index (χ4n) is 2.16. The van der Waals surface area contributed by atoms with Gasteiger partial charge in [0.1, 0.15) is 17.4 Å². The van der Waals surface area contributed by atoms with E-state index in [2.05, 4.69) is 10.1 Å². The average Bonchev–Trinajstić information content (AvgIpc) is 2.66. The van der Waals surface area contributed by atoms with E-state index in [1.54, 1.807) is 30.3 Å². The minimum atomic E-state index is -3.04. The molecule has 1 N–H and O–H groups in total. The van der Waals surface area contributed by atoms with Gasteiger partial charge in [-0.1, -0.05) is 6.07 Å². The molecule has 0 radical (unpaired) electrons. The molecular formula is C19H16F2N2O4. The molecule has 0 aromatic heterocycles. The third kappa shape index (κ3) is 5.44. The lowest BCUT2D eigenvalue weighted by Gasteiger charge is -2.10. The maximum absolute atomic E-state index is 12.5. The molecular weight excluding hydrogens is 358 g/mol. The van der Waals surface area contributed by atoms with E-state index in [1.807, 2.05) is 0 Å². The van der Waals surface area contributed by atoms with Crippen LogP contribution in [0.2, 0.25) is 0 Å². The lowest BCUT2D eigenvalue weighted by atomic mass is 10.1. The van der Waals surface area contributed by atoms with Crippen LogP contribution in [0.25, 0.3) is 6.08 Å². The fourth-order valence-corrected chi connectivity index (χ4v) is 2.16. The molecule has 0 bridgehead atoms. The highest BCUT2D eigenvalue weighted by Crippen LogP contribution is 2.30. The van der Waals surface area contributed by atoms with Crippen LogP contribution in [-0.2, 0) is 4.79 Å². The number of carbonyl (C=O) groups is 1. The Labute approximate surface area is 154 Å². The lowest BCUT2D eigenvalue weighted by Crippen LogP contribution is -2.13. The highest BCUT2D eigenvalue weighted by Gasteiger charge is 2.13. The summed E-state index contributed by atoms with van der Waals surface area (Å²) in [6.45, 7) is -3.04. The van der Waals surface area contributed by atoms with Crippen LogP contribution < -0.4 is 19.5 Å². The Kier molecular flexibility index (Phi) is 6.72. The van der Waals surface area contributed by atoms with E-state index in [1.165, 1.54) is 38.5 Å². The normalized spacial score (nSPS) is 10.9. The van der Waals surface area contributed by atoms with Crippen LogP contribution in [0.4, 0.5) is 14.5 Å². The van der Waals surface area contributed by atoms with Gasteiger partial charge in [0.05, 0.1) is 14.2 Å². The Morgan fingerprint density at radius 1 is 1.11 bits per heavy atom. The zero-order chi connectivity index (χ0) is 19.8. The molecule has 0 spiro atoms. The molecule has 0 aliphatic carbocycles. The molecule has 140 valence electrons. The van der Waals surface area contributed by atoms with Crippen LogP contribution in [0.1, 0.15) is 5.56 Å². The molecule has 8 heteroatoms. The van der Waals surface area contributed by atoms with Gasteiger partial charge in [0.25, 0.3) is 5.91 Å². The van der Waals surface area contributed by atoms with Gasteiger partial charge in [-0.2, -0.15) is 14.0 Å². The SMILES string of the molecule is COc1ccc(NC(=O)/C(C#N)=C/c2ccc(OC)c(OC(F)F)c2)cc1. The third-order valence-corrected chi connectivity index (χ3v) is 3.43. The van der Waals surface area contributed by atoms with Gasteiger partial charge in [-0.3, -0.25) is 4.79 Å². The van der Waals surface area contributed by atoms with Crippen molar-refractivity contribution in [3.63, 3.8) is 0 Å². The standard InChI is InChI=1S/C19H16F2N2O4/c1-25-15-6-4-14(5-7-15)23-18(24)13(11-22)9-12-3-8-16(26-2)17(10-12)27-19(20)21/h3-10,19H,1-2H3,(H,23,24)/b13-9+. The number of methoxy groups -OCH3 is 2. The summed E-state index contributed by atoms with van der Waals surface area (Å²) in [5.74, 6) is -0.119. The van der Waals surface area contributed by atoms with Crippen molar-refractivity contribution in [1.29, 1.82) is 5.26 Å². The topological polar surface area (TPSA) is 80.6 Å². The molecule has 6 nitrogen and oxygen atoms in total. The second-order valence-electron chi connectivity index (χ2n) is 5.14. The van der Waals surface area contributed by atoms with Crippen molar-refractivity contribution in [2.45, 2.75) is 6.61 Å². The Bertz CT molecular complexity index is 874. The smallest absolute Gasteiger partial charge is 0.387 e. The number of hydrogen-bond donors (Lipinski definition) is 1. The molecule has 1 amide bonds. The third-order valence-electron chi connectivity index (χ3n) is 3.43. The number of carbonyl (C=O) groups excluding carboxylic acids is 1. The number of alkyl halides is 2. The first kappa shape index (κ1) is 19.7. The first-order valence-corrected chi connectivity index (χ1v) is 7.67. The molecule has 0 aliphatic heterocycles. The van der Waals surface area contributed by atoms with Crippen molar-refractivity contribution in [1.82, 2.24) is 0 Å². The fraction of sp³-hybridized carbons (Fsp3) is 0.158. The monoisotopic (exact) mass is 374 g/mol. The molecule has 0 aliphatic rings. The zero-order valence-electron chi connectivity index (χ0n) is 14.5. The average molecular weight is 374 g/mol. The minimum Gasteiger partial charge on any atom is -0.497 e. The van der Waals surface area contributed by atoms with Crippen molar-refractivity contribution in [3.8, 4) is 23.3 Å². The second-order valence-corrected chi connectivity index (χ2v) is 5.14. The summed E-state index contributed by atoms with van der Waals surface area (Å²) >= 11 is 0. The van der Waals surface area contributed by atoms with Gasteiger partial charge in [0.2, 0.25) is 0 Å². The first-order valence-electron chi connectivity index (χ1n) is 7.67. The van der Waals surface area contributed by atoms with E-state index >= 15 is 0 Å². The number of hydrogen-bond acceptors (Lipinski definition) is 5. The molecule has 2 rings (SSSR count). The molecule has 0 saturated heterocycles. The molecule has 2 aromatic carbocycles. The summed E-state index contributed by atoms with van der Waals surface area (Å²) in [6.07, 6.45) is 1.26. The van der Waals surface area contributed by atoms with Crippen LogP contribution in [-0.4, -0.2) is 26.7 Å². The van der Waals surface area contributed by atoms with Crippen molar-refractivity contribution >= 4 is 17.7 Å². The maximum atomic E-state index is 12.5. The number of nitrogens with one attached hydrogen (secondary N) is 1. The summed E-state index contributed by atoms with van der Waals surface area (Å²) in [6, 6.07) is 12.5. The van der Waals surface area contributed by atoms with Crippen molar-refractivity contribution in [3.05, 3.63) is 53.6 Å². The summed E-state index contributed by atoms with van der Waals surface area (Å²) in [5, 5.41) is 11.8. The number of nitriles is 1. The molecule has 0 unspecified atom stereocenters. The number of benzene rings is 2. The quantitative estimate of drug-likeness (QED) is 0.588. The van der Waals surface area contributed by atoms with Gasteiger partial charge in [0, 0.05) is 5.69 Å². The second kappa shape index (κ2) is 9.20. The molecule has 0 fully saturated rings. The number of halogens is 2. The van der Waals surface area contributed by atoms with Crippen molar-refractivity contribution in [2.75, 3.05) is 19.5 Å². The molecule has 0 saturated carbocycles. The number of ether oxygens (including phenoxy) is 3. The summed E-state index contributed by atoms with van der Waals surface area (Å²) in [4.78, 5) is 12.3. The van der Waals surface area contributed by atoms with Gasteiger partial charge in [-0.25, -0.2) is 0 Å². The van der Waals surface area contributed by atoms with E-state index in [0.29, 0.717) is 17.0 Å². The predicted molar refractivity (Wildman–Crippen MR) is 94.8 cm³/mol. The number of amides is 1. The van der Waals surface area contributed by atoms with Crippen molar-refractivity contribution in [2.24, 2.45) is 0 Å². The van der Waals surface area contributed by atoms with Gasteiger partial charge in [0.15, 0.2) is 11.5 Å². The highest BCUT2D eigenvalue weighted by atomic mass is 19.3. The van der Waals surface area contributed by atoms with Crippen molar-refractivity contribution < 1.29 is 27.8 Å². The highest BCUT2D eigenvalue weighted by molar-refractivity contribution is 6.09. The van der Waals surface area contributed by atoms with Gasteiger partial charge in [-0.05, 0) is 48.0 Å². The van der Waals surface area contributed by atoms with Crippen LogP contribution in [0.5, 0.6) is 17.2 Å². The Morgan fingerprint density at radius 2 is 1.81 bits per heavy atom. The maximum Gasteiger partial charge on any atom is 0.387 e.